The van der Waals surface area contributed by atoms with Gasteiger partial charge in [0.15, 0.2) is 18.1 Å². The van der Waals surface area contributed by atoms with Crippen LogP contribution in [0.4, 0.5) is 15.8 Å². The van der Waals surface area contributed by atoms with Gasteiger partial charge in [-0.3, -0.25) is 4.79 Å². The fourth-order valence-corrected chi connectivity index (χ4v) is 4.52. The minimum absolute atomic E-state index is 0.218. The molecule has 3 aromatic carbocycles. The summed E-state index contributed by atoms with van der Waals surface area (Å²) in [6.45, 7) is 5.00. The summed E-state index contributed by atoms with van der Waals surface area (Å²) >= 11 is 12.3. The highest BCUT2D eigenvalue weighted by atomic mass is 35.5. The van der Waals surface area contributed by atoms with Gasteiger partial charge in [0, 0.05) is 43.1 Å². The SMILES string of the molecule is CCOc1cc(C(=S)N2CCN(c3ccc(F)cc3)CC2)cc(Cl)c1OCC(=O)Nc1ccccc1. The number of nitrogens with one attached hydrogen (secondary N) is 1. The number of rotatable bonds is 8. The fraction of sp³-hybridized carbons (Fsp3) is 0.259. The Morgan fingerprint density at radius 2 is 1.72 bits per heavy atom. The topological polar surface area (TPSA) is 54.0 Å². The largest absolute Gasteiger partial charge is 0.490 e. The maximum atomic E-state index is 13.2. The van der Waals surface area contributed by atoms with Crippen LogP contribution in [0.15, 0.2) is 66.7 Å². The quantitative estimate of drug-likeness (QED) is 0.396. The first-order chi connectivity index (χ1) is 17.4. The molecular formula is C27H27ClFN3O3S. The van der Waals surface area contributed by atoms with E-state index in [1.54, 1.807) is 36.4 Å². The van der Waals surface area contributed by atoms with Crippen molar-refractivity contribution in [1.82, 2.24) is 4.90 Å². The molecule has 0 aromatic heterocycles. The van der Waals surface area contributed by atoms with E-state index in [1.165, 1.54) is 12.1 Å². The lowest BCUT2D eigenvalue weighted by molar-refractivity contribution is -0.118. The van der Waals surface area contributed by atoms with Crippen molar-refractivity contribution in [2.45, 2.75) is 6.92 Å². The van der Waals surface area contributed by atoms with Crippen LogP contribution in [-0.4, -0.2) is 55.2 Å². The van der Waals surface area contributed by atoms with E-state index in [0.717, 1.165) is 37.4 Å². The summed E-state index contributed by atoms with van der Waals surface area (Å²) in [7, 11) is 0. The van der Waals surface area contributed by atoms with Crippen LogP contribution in [0.1, 0.15) is 12.5 Å². The lowest BCUT2D eigenvalue weighted by Crippen LogP contribution is -2.48. The number of anilines is 2. The van der Waals surface area contributed by atoms with Crippen molar-refractivity contribution in [3.63, 3.8) is 0 Å². The average Bonchev–Trinajstić information content (AvgIpc) is 2.89. The molecule has 1 aliphatic rings. The van der Waals surface area contributed by atoms with Gasteiger partial charge in [-0.2, -0.15) is 0 Å². The predicted octanol–water partition coefficient (Wildman–Crippen LogP) is 5.39. The van der Waals surface area contributed by atoms with E-state index in [0.29, 0.717) is 33.8 Å². The molecule has 1 N–H and O–H groups in total. The number of amides is 1. The van der Waals surface area contributed by atoms with Crippen LogP contribution < -0.4 is 19.7 Å². The molecule has 9 heteroatoms. The zero-order valence-corrected chi connectivity index (χ0v) is 21.4. The molecule has 188 valence electrons. The summed E-state index contributed by atoms with van der Waals surface area (Å²) in [5, 5.41) is 3.09. The third-order valence-corrected chi connectivity index (χ3v) is 6.49. The standard InChI is InChI=1S/C27H27ClFN3O3S/c1-2-34-24-17-19(16-23(28)26(24)35-18-25(33)30-21-6-4-3-5-7-21)27(36)32-14-12-31(13-15-32)22-10-8-20(29)9-11-22/h3-11,16-17H,2,12-15,18H2,1H3,(H,30,33). The summed E-state index contributed by atoms with van der Waals surface area (Å²) in [4.78, 5) is 17.3. The van der Waals surface area contributed by atoms with Crippen molar-refractivity contribution in [2.75, 3.05) is 49.6 Å². The summed E-state index contributed by atoms with van der Waals surface area (Å²) in [5.74, 6) is 0.178. The molecule has 0 spiro atoms. The molecule has 3 aromatic rings. The number of ether oxygens (including phenoxy) is 2. The zero-order valence-electron chi connectivity index (χ0n) is 19.9. The number of carbonyl (C=O) groups is 1. The van der Waals surface area contributed by atoms with Crippen molar-refractivity contribution >= 4 is 46.1 Å². The first-order valence-electron chi connectivity index (χ1n) is 11.7. The van der Waals surface area contributed by atoms with Gasteiger partial charge in [0.05, 0.1) is 11.6 Å². The fourth-order valence-electron chi connectivity index (χ4n) is 3.95. The van der Waals surface area contributed by atoms with Gasteiger partial charge in [0.25, 0.3) is 5.91 Å². The van der Waals surface area contributed by atoms with Crippen LogP contribution in [0.3, 0.4) is 0 Å². The molecule has 0 unspecified atom stereocenters. The Morgan fingerprint density at radius 1 is 1.03 bits per heavy atom. The van der Waals surface area contributed by atoms with Crippen LogP contribution in [0.25, 0.3) is 0 Å². The van der Waals surface area contributed by atoms with E-state index in [9.17, 15) is 9.18 Å². The molecule has 36 heavy (non-hydrogen) atoms. The van der Waals surface area contributed by atoms with E-state index in [2.05, 4.69) is 15.1 Å². The van der Waals surface area contributed by atoms with Gasteiger partial charge < -0.3 is 24.6 Å². The molecule has 1 heterocycles. The van der Waals surface area contributed by atoms with E-state index >= 15 is 0 Å². The third kappa shape index (κ3) is 6.44. The smallest absolute Gasteiger partial charge is 0.262 e. The molecule has 1 aliphatic heterocycles. The van der Waals surface area contributed by atoms with Gasteiger partial charge in [0.1, 0.15) is 10.8 Å². The number of hydrogen-bond donors (Lipinski definition) is 1. The van der Waals surface area contributed by atoms with Crippen LogP contribution in [0.5, 0.6) is 11.5 Å². The molecular weight excluding hydrogens is 501 g/mol. The highest BCUT2D eigenvalue weighted by Gasteiger charge is 2.23. The molecule has 0 radical (unpaired) electrons. The minimum Gasteiger partial charge on any atom is -0.490 e. The van der Waals surface area contributed by atoms with E-state index in [1.807, 2.05) is 25.1 Å². The maximum absolute atomic E-state index is 13.2. The monoisotopic (exact) mass is 527 g/mol. The molecule has 1 fully saturated rings. The lowest BCUT2D eigenvalue weighted by atomic mass is 10.1. The van der Waals surface area contributed by atoms with Crippen molar-refractivity contribution in [2.24, 2.45) is 0 Å². The number of halogens is 2. The van der Waals surface area contributed by atoms with Crippen LogP contribution in [0.2, 0.25) is 5.02 Å². The third-order valence-electron chi connectivity index (χ3n) is 5.72. The van der Waals surface area contributed by atoms with Gasteiger partial charge in [-0.05, 0) is 55.5 Å². The van der Waals surface area contributed by atoms with Gasteiger partial charge >= 0.3 is 0 Å². The summed E-state index contributed by atoms with van der Waals surface area (Å²) in [6, 6.07) is 19.2. The predicted molar refractivity (Wildman–Crippen MR) is 145 cm³/mol. The van der Waals surface area contributed by atoms with Gasteiger partial charge in [-0.25, -0.2) is 4.39 Å². The van der Waals surface area contributed by atoms with E-state index in [4.69, 9.17) is 33.3 Å². The second kappa shape index (κ2) is 12.1. The normalized spacial score (nSPS) is 13.3. The maximum Gasteiger partial charge on any atom is 0.262 e. The number of thiocarbonyl (C=S) groups is 1. The molecule has 4 rings (SSSR count). The van der Waals surface area contributed by atoms with Crippen LogP contribution >= 0.6 is 23.8 Å². The molecule has 1 saturated heterocycles. The summed E-state index contributed by atoms with van der Waals surface area (Å²) in [5.41, 5.74) is 2.42. The van der Waals surface area contributed by atoms with E-state index < -0.39 is 0 Å². The van der Waals surface area contributed by atoms with Crippen LogP contribution in [0, 0.1) is 5.82 Å². The second-order valence-electron chi connectivity index (χ2n) is 8.18. The first-order valence-corrected chi connectivity index (χ1v) is 12.5. The lowest BCUT2D eigenvalue weighted by Gasteiger charge is -2.37. The van der Waals surface area contributed by atoms with Crippen molar-refractivity contribution in [1.29, 1.82) is 0 Å². The molecule has 6 nitrogen and oxygen atoms in total. The highest BCUT2D eigenvalue weighted by molar-refractivity contribution is 7.80. The summed E-state index contributed by atoms with van der Waals surface area (Å²) < 4.78 is 24.8. The number of benzene rings is 3. The number of nitrogens with zero attached hydrogens (tertiary/aromatic N) is 2. The second-order valence-corrected chi connectivity index (χ2v) is 8.97. The van der Waals surface area contributed by atoms with Crippen LogP contribution in [-0.2, 0) is 4.79 Å². The zero-order chi connectivity index (χ0) is 25.5. The van der Waals surface area contributed by atoms with Gasteiger partial charge in [-0.1, -0.05) is 42.0 Å². The Hall–Kier alpha value is -3.36. The Labute approximate surface area is 220 Å². The number of piperazine rings is 1. The Bertz CT molecular complexity index is 1200. The van der Waals surface area contributed by atoms with Crippen molar-refractivity contribution in [3.05, 3.63) is 83.1 Å². The Balaban J connectivity index is 1.41. The molecule has 1 amide bonds. The Kier molecular flexibility index (Phi) is 8.61. The number of para-hydroxylation sites is 1. The number of carbonyl (C=O) groups excluding carboxylic acids is 1. The molecule has 0 saturated carbocycles. The Morgan fingerprint density at radius 3 is 2.39 bits per heavy atom. The molecule has 0 bridgehead atoms. The number of hydrogen-bond acceptors (Lipinski definition) is 5. The highest BCUT2D eigenvalue weighted by Crippen LogP contribution is 2.37. The minimum atomic E-state index is -0.307. The van der Waals surface area contributed by atoms with Crippen molar-refractivity contribution < 1.29 is 18.7 Å². The van der Waals surface area contributed by atoms with Gasteiger partial charge in [0.2, 0.25) is 0 Å². The van der Waals surface area contributed by atoms with Gasteiger partial charge in [-0.15, -0.1) is 0 Å². The first kappa shape index (κ1) is 25.7. The molecule has 0 aliphatic carbocycles. The van der Waals surface area contributed by atoms with E-state index in [-0.39, 0.29) is 18.3 Å². The van der Waals surface area contributed by atoms with Crippen molar-refractivity contribution in [3.8, 4) is 11.5 Å². The molecule has 0 atom stereocenters. The average molecular weight is 528 g/mol. The summed E-state index contributed by atoms with van der Waals surface area (Å²) in [6.07, 6.45) is 0.